The van der Waals surface area contributed by atoms with Gasteiger partial charge in [0.1, 0.15) is 5.56 Å². The first-order valence-corrected chi connectivity index (χ1v) is 7.07. The molecule has 1 fully saturated rings. The van der Waals surface area contributed by atoms with Gasteiger partial charge >= 0.3 is 5.97 Å². The van der Waals surface area contributed by atoms with Crippen molar-refractivity contribution in [2.24, 2.45) is 18.2 Å². The molecule has 1 aliphatic rings. The number of aryl methyl sites for hydroxylation is 1. The molecule has 1 saturated heterocycles. The van der Waals surface area contributed by atoms with Crippen LogP contribution in [0.5, 0.6) is 0 Å². The Hall–Kier alpha value is -1.89. The van der Waals surface area contributed by atoms with Gasteiger partial charge < -0.3 is 10.5 Å². The largest absolute Gasteiger partial charge is 0.462 e. The summed E-state index contributed by atoms with van der Waals surface area (Å²) in [6, 6.07) is 0. The molecule has 1 atom stereocenters. The highest BCUT2D eigenvalue weighted by molar-refractivity contribution is 5.90. The maximum absolute atomic E-state index is 11.9. The van der Waals surface area contributed by atoms with E-state index in [1.165, 1.54) is 6.20 Å². The van der Waals surface area contributed by atoms with Crippen LogP contribution < -0.4 is 5.73 Å². The second-order valence-corrected chi connectivity index (χ2v) is 5.73. The van der Waals surface area contributed by atoms with Gasteiger partial charge in [-0.15, -0.1) is 0 Å². The Morgan fingerprint density at radius 2 is 2.24 bits per heavy atom. The first-order valence-electron chi connectivity index (χ1n) is 7.07. The molecule has 1 aliphatic heterocycles. The predicted molar refractivity (Wildman–Crippen MR) is 76.4 cm³/mol. The van der Waals surface area contributed by atoms with Crippen molar-refractivity contribution in [2.45, 2.75) is 26.8 Å². The van der Waals surface area contributed by atoms with Crippen molar-refractivity contribution in [1.82, 2.24) is 14.7 Å². The standard InChI is InChI=1S/C14H22N4O3/c1-4-21-12(19)10-7-16-17(3)11(10)8-18-6-5-14(2,9-18)13(15)20/h7H,4-6,8-9H2,1-3H3,(H2,15,20). The average molecular weight is 294 g/mol. The number of rotatable bonds is 5. The number of amides is 1. The molecule has 1 amide bonds. The molecule has 0 spiro atoms. The Bertz CT molecular complexity index is 554. The lowest BCUT2D eigenvalue weighted by atomic mass is 9.89. The molecule has 1 aromatic rings. The highest BCUT2D eigenvalue weighted by atomic mass is 16.5. The zero-order valence-electron chi connectivity index (χ0n) is 12.8. The number of carbonyl (C=O) groups is 2. The molecule has 116 valence electrons. The van der Waals surface area contributed by atoms with Gasteiger partial charge in [-0.25, -0.2) is 4.79 Å². The van der Waals surface area contributed by atoms with Crippen LogP contribution in [0, 0.1) is 5.41 Å². The molecule has 2 heterocycles. The molecule has 2 N–H and O–H groups in total. The number of hydrogen-bond donors (Lipinski definition) is 1. The number of carbonyl (C=O) groups excluding carboxylic acids is 2. The van der Waals surface area contributed by atoms with Crippen LogP contribution in [-0.4, -0.2) is 46.3 Å². The second-order valence-electron chi connectivity index (χ2n) is 5.73. The quantitative estimate of drug-likeness (QED) is 0.788. The van der Waals surface area contributed by atoms with Crippen molar-refractivity contribution >= 4 is 11.9 Å². The summed E-state index contributed by atoms with van der Waals surface area (Å²) >= 11 is 0. The van der Waals surface area contributed by atoms with E-state index in [0.717, 1.165) is 18.7 Å². The maximum Gasteiger partial charge on any atom is 0.341 e. The number of ether oxygens (including phenoxy) is 1. The summed E-state index contributed by atoms with van der Waals surface area (Å²) in [5.74, 6) is -0.641. The molecule has 1 unspecified atom stereocenters. The third-order valence-electron chi connectivity index (χ3n) is 4.08. The van der Waals surface area contributed by atoms with E-state index in [0.29, 0.717) is 25.3 Å². The SMILES string of the molecule is CCOC(=O)c1cnn(C)c1CN1CCC(C)(C(N)=O)C1. The number of primary amides is 1. The van der Waals surface area contributed by atoms with Crippen LogP contribution in [0.15, 0.2) is 6.20 Å². The number of nitrogens with zero attached hydrogens (tertiary/aromatic N) is 3. The molecule has 0 radical (unpaired) electrons. The minimum atomic E-state index is -0.497. The van der Waals surface area contributed by atoms with Crippen LogP contribution in [0.3, 0.4) is 0 Å². The van der Waals surface area contributed by atoms with Crippen LogP contribution in [0.1, 0.15) is 36.3 Å². The van der Waals surface area contributed by atoms with E-state index in [1.807, 2.05) is 6.92 Å². The normalized spacial score (nSPS) is 22.4. The van der Waals surface area contributed by atoms with Gasteiger partial charge in [-0.1, -0.05) is 0 Å². The van der Waals surface area contributed by atoms with Crippen LogP contribution in [0.2, 0.25) is 0 Å². The molecule has 7 nitrogen and oxygen atoms in total. The van der Waals surface area contributed by atoms with Gasteiger partial charge in [-0.2, -0.15) is 5.10 Å². The molecule has 0 aromatic carbocycles. The molecule has 21 heavy (non-hydrogen) atoms. The van der Waals surface area contributed by atoms with E-state index >= 15 is 0 Å². The summed E-state index contributed by atoms with van der Waals surface area (Å²) in [5, 5.41) is 4.13. The zero-order valence-corrected chi connectivity index (χ0v) is 12.8. The Morgan fingerprint density at radius 3 is 2.81 bits per heavy atom. The lowest BCUT2D eigenvalue weighted by Crippen LogP contribution is -2.37. The number of esters is 1. The third kappa shape index (κ3) is 3.07. The molecule has 7 heteroatoms. The van der Waals surface area contributed by atoms with E-state index in [2.05, 4.69) is 10.00 Å². The Balaban J connectivity index is 2.12. The minimum absolute atomic E-state index is 0.277. The fourth-order valence-corrected chi connectivity index (χ4v) is 2.63. The second kappa shape index (κ2) is 5.85. The highest BCUT2D eigenvalue weighted by Gasteiger charge is 2.39. The van der Waals surface area contributed by atoms with Crippen molar-refractivity contribution in [3.8, 4) is 0 Å². The fourth-order valence-electron chi connectivity index (χ4n) is 2.63. The van der Waals surface area contributed by atoms with E-state index in [4.69, 9.17) is 10.5 Å². The lowest BCUT2D eigenvalue weighted by molar-refractivity contribution is -0.126. The first-order chi connectivity index (χ1) is 9.87. The summed E-state index contributed by atoms with van der Waals surface area (Å²) in [5.41, 5.74) is 6.23. The number of aromatic nitrogens is 2. The smallest absolute Gasteiger partial charge is 0.341 e. The summed E-state index contributed by atoms with van der Waals surface area (Å²) in [7, 11) is 1.79. The highest BCUT2D eigenvalue weighted by Crippen LogP contribution is 2.30. The zero-order chi connectivity index (χ0) is 15.6. The first kappa shape index (κ1) is 15.5. The van der Waals surface area contributed by atoms with E-state index in [1.54, 1.807) is 18.7 Å². The minimum Gasteiger partial charge on any atom is -0.462 e. The van der Waals surface area contributed by atoms with Crippen molar-refractivity contribution in [3.63, 3.8) is 0 Å². The van der Waals surface area contributed by atoms with Crippen molar-refractivity contribution in [3.05, 3.63) is 17.5 Å². The van der Waals surface area contributed by atoms with Gasteiger partial charge in [-0.3, -0.25) is 14.4 Å². The van der Waals surface area contributed by atoms with E-state index < -0.39 is 5.41 Å². The van der Waals surface area contributed by atoms with Crippen molar-refractivity contribution in [1.29, 1.82) is 0 Å². The van der Waals surface area contributed by atoms with E-state index in [9.17, 15) is 9.59 Å². The summed E-state index contributed by atoms with van der Waals surface area (Å²) < 4.78 is 6.71. The maximum atomic E-state index is 11.9. The van der Waals surface area contributed by atoms with Crippen LogP contribution in [0.25, 0.3) is 0 Å². The Kier molecular flexibility index (Phi) is 4.32. The van der Waals surface area contributed by atoms with Gasteiger partial charge in [0.15, 0.2) is 0 Å². The monoisotopic (exact) mass is 294 g/mol. The fraction of sp³-hybridized carbons (Fsp3) is 0.643. The van der Waals surface area contributed by atoms with Crippen LogP contribution >= 0.6 is 0 Å². The Labute approximate surface area is 124 Å². The van der Waals surface area contributed by atoms with Crippen LogP contribution in [0.4, 0.5) is 0 Å². The van der Waals surface area contributed by atoms with Gasteiger partial charge in [0.25, 0.3) is 0 Å². The summed E-state index contributed by atoms with van der Waals surface area (Å²) in [6.45, 7) is 5.89. The molecule has 1 aromatic heterocycles. The lowest BCUT2D eigenvalue weighted by Gasteiger charge is -2.21. The third-order valence-corrected chi connectivity index (χ3v) is 4.08. The van der Waals surface area contributed by atoms with Crippen LogP contribution in [-0.2, 0) is 23.1 Å². The molecule has 0 aliphatic carbocycles. The van der Waals surface area contributed by atoms with Gasteiger partial charge in [0, 0.05) is 20.1 Å². The predicted octanol–water partition coefficient (Wildman–Crippen LogP) is 0.294. The van der Waals surface area contributed by atoms with Gasteiger partial charge in [0.05, 0.1) is 23.9 Å². The van der Waals surface area contributed by atoms with E-state index in [-0.39, 0.29) is 11.9 Å². The Morgan fingerprint density at radius 1 is 1.52 bits per heavy atom. The molecular formula is C14H22N4O3. The van der Waals surface area contributed by atoms with Crippen molar-refractivity contribution in [2.75, 3.05) is 19.7 Å². The van der Waals surface area contributed by atoms with Gasteiger partial charge in [-0.05, 0) is 26.8 Å². The average Bonchev–Trinajstić information content (AvgIpc) is 2.96. The molecule has 0 bridgehead atoms. The topological polar surface area (TPSA) is 90.4 Å². The number of hydrogen-bond acceptors (Lipinski definition) is 5. The molecule has 0 saturated carbocycles. The number of nitrogens with two attached hydrogens (primary N) is 1. The van der Waals surface area contributed by atoms with Crippen molar-refractivity contribution < 1.29 is 14.3 Å². The molecule has 2 rings (SSSR count). The van der Waals surface area contributed by atoms with Gasteiger partial charge in [0.2, 0.25) is 5.91 Å². The summed E-state index contributed by atoms with van der Waals surface area (Å²) in [6.07, 6.45) is 2.26. The number of likely N-dealkylation sites (tertiary alicyclic amines) is 1. The molecular weight excluding hydrogens is 272 g/mol. The summed E-state index contributed by atoms with van der Waals surface area (Å²) in [4.78, 5) is 25.5.